The molecular formula is C19H33N5O2. The molecule has 0 bridgehead atoms. The zero-order valence-corrected chi connectivity index (χ0v) is 15.9. The van der Waals surface area contributed by atoms with Gasteiger partial charge in [-0.2, -0.15) is 0 Å². The number of nitrogens with one attached hydrogen (secondary N) is 4. The van der Waals surface area contributed by atoms with Gasteiger partial charge in [-0.1, -0.05) is 12.1 Å². The fourth-order valence-electron chi connectivity index (χ4n) is 2.86. The molecule has 7 heteroatoms. The topological polar surface area (TPSA) is 77.7 Å². The Balaban J connectivity index is 1.83. The van der Waals surface area contributed by atoms with Crippen molar-refractivity contribution in [3.63, 3.8) is 0 Å². The Bertz CT molecular complexity index is 497. The average molecular weight is 364 g/mol. The first-order valence-corrected chi connectivity index (χ1v) is 9.50. The van der Waals surface area contributed by atoms with Crippen LogP contribution in [0.15, 0.2) is 24.3 Å². The Morgan fingerprint density at radius 1 is 1.00 bits per heavy atom. The standard InChI is InChI=1S/C19H33N5O2/c1-26-15-12-23-19(25)18-4-2-17(3-5-18)16-24-13-10-21-8-6-20-7-9-22-11-14-24/h2-5,20-22H,6-16H2,1H3,(H,23,25). The lowest BCUT2D eigenvalue weighted by molar-refractivity contribution is 0.0937. The Hall–Kier alpha value is -1.51. The summed E-state index contributed by atoms with van der Waals surface area (Å²) in [6.45, 7) is 9.97. The van der Waals surface area contributed by atoms with Crippen molar-refractivity contribution in [2.75, 3.05) is 72.6 Å². The molecule has 1 fully saturated rings. The summed E-state index contributed by atoms with van der Waals surface area (Å²) in [5, 5.41) is 13.2. The molecule has 1 saturated heterocycles. The van der Waals surface area contributed by atoms with Crippen molar-refractivity contribution in [3.8, 4) is 0 Å². The smallest absolute Gasteiger partial charge is 0.251 e. The fourth-order valence-corrected chi connectivity index (χ4v) is 2.86. The van der Waals surface area contributed by atoms with E-state index in [1.807, 2.05) is 24.3 Å². The maximum atomic E-state index is 12.0. The number of amides is 1. The monoisotopic (exact) mass is 363 g/mol. The molecule has 4 N–H and O–H groups in total. The van der Waals surface area contributed by atoms with E-state index in [9.17, 15) is 4.79 Å². The van der Waals surface area contributed by atoms with Crippen LogP contribution in [0.3, 0.4) is 0 Å². The number of nitrogens with zero attached hydrogens (tertiary/aromatic N) is 1. The molecule has 0 unspecified atom stereocenters. The van der Waals surface area contributed by atoms with Crippen molar-refractivity contribution in [3.05, 3.63) is 35.4 Å². The normalized spacial score (nSPS) is 17.9. The molecular weight excluding hydrogens is 330 g/mol. The van der Waals surface area contributed by atoms with Crippen LogP contribution in [0.2, 0.25) is 0 Å². The molecule has 1 heterocycles. The van der Waals surface area contributed by atoms with E-state index in [1.54, 1.807) is 7.11 Å². The first kappa shape index (κ1) is 20.8. The highest BCUT2D eigenvalue weighted by molar-refractivity contribution is 5.94. The number of carbonyl (C=O) groups excluding carboxylic acids is 1. The fraction of sp³-hybridized carbons (Fsp3) is 0.632. The summed E-state index contributed by atoms with van der Waals surface area (Å²) < 4.78 is 4.95. The van der Waals surface area contributed by atoms with Crippen LogP contribution in [0.1, 0.15) is 15.9 Å². The molecule has 1 amide bonds. The van der Waals surface area contributed by atoms with Gasteiger partial charge in [-0.3, -0.25) is 9.69 Å². The number of ether oxygens (including phenoxy) is 1. The molecule has 0 atom stereocenters. The molecule has 0 saturated carbocycles. The molecule has 1 aromatic carbocycles. The maximum absolute atomic E-state index is 12.0. The molecule has 1 aliphatic rings. The van der Waals surface area contributed by atoms with Crippen LogP contribution in [0.25, 0.3) is 0 Å². The van der Waals surface area contributed by atoms with Crippen molar-refractivity contribution < 1.29 is 9.53 Å². The predicted octanol–water partition coefficient (Wildman–Crippen LogP) is -0.353. The van der Waals surface area contributed by atoms with Gasteiger partial charge >= 0.3 is 0 Å². The van der Waals surface area contributed by atoms with Crippen LogP contribution in [0.4, 0.5) is 0 Å². The molecule has 0 spiro atoms. The molecule has 7 nitrogen and oxygen atoms in total. The summed E-state index contributed by atoms with van der Waals surface area (Å²) in [7, 11) is 1.63. The molecule has 0 aliphatic carbocycles. The van der Waals surface area contributed by atoms with Gasteiger partial charge < -0.3 is 26.0 Å². The molecule has 1 aliphatic heterocycles. The zero-order valence-electron chi connectivity index (χ0n) is 15.9. The minimum atomic E-state index is -0.0538. The van der Waals surface area contributed by atoms with E-state index < -0.39 is 0 Å². The van der Waals surface area contributed by atoms with E-state index in [1.165, 1.54) is 5.56 Å². The number of rotatable bonds is 6. The molecule has 26 heavy (non-hydrogen) atoms. The number of hydrogen-bond acceptors (Lipinski definition) is 6. The molecule has 0 aromatic heterocycles. The SMILES string of the molecule is COCCNC(=O)c1ccc(CN2CCNCCNCCNCC2)cc1. The summed E-state index contributed by atoms with van der Waals surface area (Å²) in [5.41, 5.74) is 1.92. The van der Waals surface area contributed by atoms with Gasteiger partial charge in [0.25, 0.3) is 5.91 Å². The van der Waals surface area contributed by atoms with Crippen molar-refractivity contribution in [2.24, 2.45) is 0 Å². The van der Waals surface area contributed by atoms with Crippen molar-refractivity contribution >= 4 is 5.91 Å². The highest BCUT2D eigenvalue weighted by atomic mass is 16.5. The van der Waals surface area contributed by atoms with E-state index >= 15 is 0 Å². The summed E-state index contributed by atoms with van der Waals surface area (Å²) >= 11 is 0. The summed E-state index contributed by atoms with van der Waals surface area (Å²) in [5.74, 6) is -0.0538. The van der Waals surface area contributed by atoms with Gasteiger partial charge in [-0.15, -0.1) is 0 Å². The van der Waals surface area contributed by atoms with Crippen LogP contribution in [-0.2, 0) is 11.3 Å². The van der Waals surface area contributed by atoms with Crippen LogP contribution < -0.4 is 21.3 Å². The molecule has 1 aromatic rings. The van der Waals surface area contributed by atoms with E-state index in [2.05, 4.69) is 26.2 Å². The molecule has 146 valence electrons. The average Bonchev–Trinajstić information content (AvgIpc) is 2.64. The first-order chi connectivity index (χ1) is 12.8. The Labute approximate surface area is 156 Å². The third kappa shape index (κ3) is 8.25. The van der Waals surface area contributed by atoms with E-state index in [4.69, 9.17) is 4.74 Å². The Kier molecular flexibility index (Phi) is 10.2. The molecule has 2 rings (SSSR count). The lowest BCUT2D eigenvalue weighted by Gasteiger charge is -2.24. The summed E-state index contributed by atoms with van der Waals surface area (Å²) in [6.07, 6.45) is 0. The highest BCUT2D eigenvalue weighted by Gasteiger charge is 2.08. The van der Waals surface area contributed by atoms with Gasteiger partial charge in [0, 0.05) is 78.1 Å². The third-order valence-electron chi connectivity index (χ3n) is 4.38. The van der Waals surface area contributed by atoms with Crippen molar-refractivity contribution in [1.29, 1.82) is 0 Å². The Morgan fingerprint density at radius 3 is 2.15 bits per heavy atom. The predicted molar refractivity (Wildman–Crippen MR) is 105 cm³/mol. The Morgan fingerprint density at radius 2 is 1.58 bits per heavy atom. The summed E-state index contributed by atoms with van der Waals surface area (Å²) in [6, 6.07) is 7.89. The number of hydrogen-bond donors (Lipinski definition) is 4. The van der Waals surface area contributed by atoms with Crippen LogP contribution in [-0.4, -0.2) is 83.4 Å². The van der Waals surface area contributed by atoms with Gasteiger partial charge in [-0.25, -0.2) is 0 Å². The van der Waals surface area contributed by atoms with E-state index in [0.717, 1.165) is 58.9 Å². The van der Waals surface area contributed by atoms with Gasteiger partial charge in [-0.05, 0) is 17.7 Å². The summed E-state index contributed by atoms with van der Waals surface area (Å²) in [4.78, 5) is 14.5. The zero-order chi connectivity index (χ0) is 18.5. The second-order valence-corrected chi connectivity index (χ2v) is 6.47. The third-order valence-corrected chi connectivity index (χ3v) is 4.38. The van der Waals surface area contributed by atoms with Crippen molar-refractivity contribution in [1.82, 2.24) is 26.2 Å². The van der Waals surface area contributed by atoms with Crippen LogP contribution >= 0.6 is 0 Å². The second-order valence-electron chi connectivity index (χ2n) is 6.47. The number of carbonyl (C=O) groups is 1. The minimum Gasteiger partial charge on any atom is -0.383 e. The van der Waals surface area contributed by atoms with Crippen LogP contribution in [0, 0.1) is 0 Å². The lowest BCUT2D eigenvalue weighted by atomic mass is 10.1. The first-order valence-electron chi connectivity index (χ1n) is 9.50. The van der Waals surface area contributed by atoms with Crippen LogP contribution in [0.5, 0.6) is 0 Å². The van der Waals surface area contributed by atoms with Gasteiger partial charge in [0.15, 0.2) is 0 Å². The van der Waals surface area contributed by atoms with Crippen molar-refractivity contribution in [2.45, 2.75) is 6.54 Å². The van der Waals surface area contributed by atoms with E-state index in [0.29, 0.717) is 18.7 Å². The highest BCUT2D eigenvalue weighted by Crippen LogP contribution is 2.08. The minimum absolute atomic E-state index is 0.0538. The van der Waals surface area contributed by atoms with Gasteiger partial charge in [0.2, 0.25) is 0 Å². The molecule has 0 radical (unpaired) electrons. The lowest BCUT2D eigenvalue weighted by Crippen LogP contribution is -2.41. The number of methoxy groups -OCH3 is 1. The van der Waals surface area contributed by atoms with E-state index in [-0.39, 0.29) is 5.91 Å². The largest absolute Gasteiger partial charge is 0.383 e. The maximum Gasteiger partial charge on any atom is 0.251 e. The quantitative estimate of drug-likeness (QED) is 0.518. The van der Waals surface area contributed by atoms with Gasteiger partial charge in [0.05, 0.1) is 6.61 Å². The second kappa shape index (κ2) is 12.8. The number of benzene rings is 1. The van der Waals surface area contributed by atoms with Gasteiger partial charge in [0.1, 0.15) is 0 Å².